The lowest BCUT2D eigenvalue weighted by atomic mass is 10.1. The van der Waals surface area contributed by atoms with Crippen molar-refractivity contribution in [2.24, 2.45) is 0 Å². The predicted molar refractivity (Wildman–Crippen MR) is 89.7 cm³/mol. The molecule has 1 aliphatic rings. The van der Waals surface area contributed by atoms with E-state index in [1.54, 1.807) is 0 Å². The highest BCUT2D eigenvalue weighted by molar-refractivity contribution is 5.71. The number of aliphatic hydroxyl groups is 3. The largest absolute Gasteiger partial charge is 0.443 e. The van der Waals surface area contributed by atoms with Crippen molar-refractivity contribution in [3.05, 3.63) is 38.9 Å². The van der Waals surface area contributed by atoms with Crippen LogP contribution in [0.15, 0.2) is 22.1 Å². The molecular weight excluding hydrogens is 367 g/mol. The highest BCUT2D eigenvalue weighted by Gasteiger charge is 2.44. The molecule has 2 rings (SSSR count). The molecule has 1 saturated heterocycles. The third-order valence-electron chi connectivity index (χ3n) is 3.75. The second-order valence-corrected chi connectivity index (χ2v) is 6.92. The van der Waals surface area contributed by atoms with Gasteiger partial charge in [-0.25, -0.2) is 14.0 Å². The van der Waals surface area contributed by atoms with Gasteiger partial charge in [-0.2, -0.15) is 4.57 Å². The lowest BCUT2D eigenvalue weighted by Crippen LogP contribution is -2.48. The smallest absolute Gasteiger partial charge is 0.425 e. The predicted octanol–water partition coefficient (Wildman–Crippen LogP) is -0.655. The molecule has 27 heavy (non-hydrogen) atoms. The molecular formula is C16H21FN2O8. The second kappa shape index (κ2) is 7.72. The zero-order valence-electron chi connectivity index (χ0n) is 14.9. The molecule has 0 radical (unpaired) electrons. The van der Waals surface area contributed by atoms with Crippen LogP contribution >= 0.6 is 0 Å². The van der Waals surface area contributed by atoms with Crippen LogP contribution in [0.1, 0.15) is 32.6 Å². The Bertz CT molecular complexity index is 853. The first-order chi connectivity index (χ1) is 12.5. The van der Waals surface area contributed by atoms with Crippen LogP contribution in [0.4, 0.5) is 9.18 Å². The number of rotatable bonds is 3. The van der Waals surface area contributed by atoms with Gasteiger partial charge in [-0.15, -0.1) is 0 Å². The van der Waals surface area contributed by atoms with Crippen LogP contribution in [0.5, 0.6) is 0 Å². The Balaban J connectivity index is 2.65. The van der Waals surface area contributed by atoms with Crippen molar-refractivity contribution in [3.8, 4) is 0 Å². The van der Waals surface area contributed by atoms with Crippen LogP contribution in [0.25, 0.3) is 6.08 Å². The number of nitrogens with zero attached hydrogens (tertiary/aromatic N) is 2. The number of carbonyl (C=O) groups excluding carboxylic acids is 1. The van der Waals surface area contributed by atoms with Crippen molar-refractivity contribution >= 4 is 12.2 Å². The van der Waals surface area contributed by atoms with Gasteiger partial charge in [0, 0.05) is 6.20 Å². The molecule has 1 fully saturated rings. The normalized spacial score (nSPS) is 25.9. The minimum Gasteiger partial charge on any atom is -0.443 e. The fraction of sp³-hybridized carbons (Fsp3) is 0.562. The minimum atomic E-state index is -1.65. The number of carbonyl (C=O) groups is 1. The molecule has 0 unspecified atom stereocenters. The summed E-state index contributed by atoms with van der Waals surface area (Å²) in [7, 11) is 0. The van der Waals surface area contributed by atoms with Gasteiger partial charge in [-0.05, 0) is 26.8 Å². The second-order valence-electron chi connectivity index (χ2n) is 6.92. The molecule has 1 aliphatic heterocycles. The average Bonchev–Trinajstić information content (AvgIpc) is 2.84. The van der Waals surface area contributed by atoms with Crippen LogP contribution in [-0.4, -0.2) is 61.1 Å². The minimum absolute atomic E-state index is 0.0300. The number of ether oxygens (including phenoxy) is 2. The first-order valence-electron chi connectivity index (χ1n) is 8.02. The van der Waals surface area contributed by atoms with E-state index >= 15 is 0 Å². The van der Waals surface area contributed by atoms with Crippen LogP contribution < -0.4 is 11.2 Å². The number of halogens is 1. The highest BCUT2D eigenvalue weighted by Crippen LogP contribution is 2.28. The van der Waals surface area contributed by atoms with Gasteiger partial charge in [0.2, 0.25) is 0 Å². The van der Waals surface area contributed by atoms with E-state index in [4.69, 9.17) is 14.6 Å². The summed E-state index contributed by atoms with van der Waals surface area (Å²) in [6, 6.07) is 0. The summed E-state index contributed by atoms with van der Waals surface area (Å²) in [6.07, 6.45) is -5.57. The van der Waals surface area contributed by atoms with Gasteiger partial charge in [0.15, 0.2) is 6.23 Å². The SMILES string of the molecule is CC(C)(C)OC(=O)n1c(=O)c(/C=C/F)cn([C@@H]2O[C@H](CO)[C@@H](O)[C@@H]2O)c1=O. The van der Waals surface area contributed by atoms with E-state index < -0.39 is 59.7 Å². The first-order valence-corrected chi connectivity index (χ1v) is 8.02. The van der Waals surface area contributed by atoms with Gasteiger partial charge in [0.25, 0.3) is 5.56 Å². The zero-order valence-corrected chi connectivity index (χ0v) is 14.9. The molecule has 0 aromatic carbocycles. The van der Waals surface area contributed by atoms with Crippen LogP contribution in [0, 0.1) is 0 Å². The van der Waals surface area contributed by atoms with Crippen LogP contribution in [0.2, 0.25) is 0 Å². The van der Waals surface area contributed by atoms with Crippen molar-refractivity contribution in [1.82, 2.24) is 9.13 Å². The Morgan fingerprint density at radius 3 is 2.44 bits per heavy atom. The van der Waals surface area contributed by atoms with Crippen LogP contribution in [-0.2, 0) is 9.47 Å². The van der Waals surface area contributed by atoms with Crippen molar-refractivity contribution in [2.75, 3.05) is 6.61 Å². The molecule has 0 aliphatic carbocycles. The molecule has 10 nitrogen and oxygen atoms in total. The first kappa shape index (κ1) is 21.0. The summed E-state index contributed by atoms with van der Waals surface area (Å²) >= 11 is 0. The molecule has 0 amide bonds. The van der Waals surface area contributed by atoms with E-state index in [0.717, 1.165) is 6.20 Å². The number of hydrogen-bond acceptors (Lipinski definition) is 8. The van der Waals surface area contributed by atoms with E-state index in [2.05, 4.69) is 0 Å². The van der Waals surface area contributed by atoms with Gasteiger partial charge < -0.3 is 24.8 Å². The van der Waals surface area contributed by atoms with E-state index in [1.165, 1.54) is 20.8 Å². The summed E-state index contributed by atoms with van der Waals surface area (Å²) in [6.45, 7) is 3.91. The van der Waals surface area contributed by atoms with Gasteiger partial charge in [-0.3, -0.25) is 9.36 Å². The molecule has 0 saturated carbocycles. The summed E-state index contributed by atoms with van der Waals surface area (Å²) in [4.78, 5) is 37.4. The number of aliphatic hydroxyl groups excluding tert-OH is 3. The molecule has 11 heteroatoms. The molecule has 150 valence electrons. The Labute approximate surface area is 152 Å². The standard InChI is InChI=1S/C16H21FN2O8/c1-16(2,3)27-15(25)19-12(23)8(4-5-17)6-18(14(19)24)13-11(22)10(21)9(7-20)26-13/h4-6,9-11,13,20-22H,7H2,1-3H3/b5-4+/t9-,10-,11+,13-/m1/s1. The third kappa shape index (κ3) is 4.16. The lowest BCUT2D eigenvalue weighted by molar-refractivity contribution is -0.0556. The van der Waals surface area contributed by atoms with Gasteiger partial charge in [-0.1, -0.05) is 0 Å². The number of hydrogen-bond donors (Lipinski definition) is 3. The average molecular weight is 388 g/mol. The fourth-order valence-electron chi connectivity index (χ4n) is 2.53. The van der Waals surface area contributed by atoms with Crippen molar-refractivity contribution in [1.29, 1.82) is 0 Å². The maximum Gasteiger partial charge on any atom is 0.425 e. The highest BCUT2D eigenvalue weighted by atomic mass is 19.1. The zero-order chi connectivity index (χ0) is 20.5. The summed E-state index contributed by atoms with van der Waals surface area (Å²) in [5, 5.41) is 29.1. The molecule has 3 N–H and O–H groups in total. The van der Waals surface area contributed by atoms with Gasteiger partial charge >= 0.3 is 11.8 Å². The Kier molecular flexibility index (Phi) is 6.00. The molecule has 2 heterocycles. The van der Waals surface area contributed by atoms with Gasteiger partial charge in [0.05, 0.1) is 18.5 Å². The lowest BCUT2D eigenvalue weighted by Gasteiger charge is -2.22. The maximum absolute atomic E-state index is 12.7. The summed E-state index contributed by atoms with van der Waals surface area (Å²) in [5.41, 5.74) is -3.78. The quantitative estimate of drug-likeness (QED) is 0.620. The summed E-state index contributed by atoms with van der Waals surface area (Å²) < 4.78 is 23.7. The van der Waals surface area contributed by atoms with Gasteiger partial charge in [0.1, 0.15) is 23.9 Å². The molecule has 0 bridgehead atoms. The Morgan fingerprint density at radius 1 is 1.33 bits per heavy atom. The third-order valence-corrected chi connectivity index (χ3v) is 3.75. The monoisotopic (exact) mass is 388 g/mol. The maximum atomic E-state index is 12.7. The number of aromatic nitrogens is 2. The molecule has 1 aromatic rings. The van der Waals surface area contributed by atoms with E-state index in [-0.39, 0.29) is 10.9 Å². The van der Waals surface area contributed by atoms with Crippen LogP contribution in [0.3, 0.4) is 0 Å². The van der Waals surface area contributed by atoms with E-state index in [9.17, 15) is 29.0 Å². The Morgan fingerprint density at radius 2 is 1.96 bits per heavy atom. The molecule has 4 atom stereocenters. The van der Waals surface area contributed by atoms with Crippen molar-refractivity contribution in [3.63, 3.8) is 0 Å². The summed E-state index contributed by atoms with van der Waals surface area (Å²) in [5.74, 6) is 0. The fourth-order valence-corrected chi connectivity index (χ4v) is 2.53. The Hall–Kier alpha value is -2.34. The topological polar surface area (TPSA) is 140 Å². The molecule has 1 aromatic heterocycles. The molecule has 0 spiro atoms. The van der Waals surface area contributed by atoms with Crippen molar-refractivity contribution in [2.45, 2.75) is 50.9 Å². The van der Waals surface area contributed by atoms with E-state index in [1.807, 2.05) is 0 Å². The van der Waals surface area contributed by atoms with Crippen molar-refractivity contribution < 1.29 is 34.0 Å². The van der Waals surface area contributed by atoms with E-state index in [0.29, 0.717) is 10.6 Å².